The van der Waals surface area contributed by atoms with Crippen molar-refractivity contribution in [1.29, 1.82) is 0 Å². The number of nitrogens with one attached hydrogen (secondary N) is 6. The molecule has 0 aromatic heterocycles. The smallest absolute Gasteiger partial charge is 0.319 e. The summed E-state index contributed by atoms with van der Waals surface area (Å²) < 4.78 is 0. The van der Waals surface area contributed by atoms with Crippen LogP contribution in [-0.4, -0.2) is 37.7 Å². The van der Waals surface area contributed by atoms with Crippen LogP contribution >= 0.6 is 0 Å². The summed E-state index contributed by atoms with van der Waals surface area (Å²) in [6, 6.07) is 24.4. The maximum Gasteiger partial charge on any atom is 0.319 e. The van der Waals surface area contributed by atoms with E-state index in [-0.39, 0.29) is 18.1 Å². The van der Waals surface area contributed by atoms with E-state index >= 15 is 0 Å². The second-order valence-electron chi connectivity index (χ2n) is 19.0. The van der Waals surface area contributed by atoms with Crippen LogP contribution in [0.3, 0.4) is 0 Å². The van der Waals surface area contributed by atoms with Gasteiger partial charge in [0, 0.05) is 36.7 Å². The van der Waals surface area contributed by atoms with Gasteiger partial charge in [0.15, 0.2) is 0 Å². The molecule has 9 heteroatoms. The molecule has 0 atom stereocenters. The zero-order valence-electron chi connectivity index (χ0n) is 43.7. The summed E-state index contributed by atoms with van der Waals surface area (Å²) in [5.41, 5.74) is 13.9. The molecule has 378 valence electrons. The molecule has 0 aliphatic heterocycles. The summed E-state index contributed by atoms with van der Waals surface area (Å²) >= 11 is 0. The number of carbonyl (C=O) groups excluding carboxylic acids is 3. The van der Waals surface area contributed by atoms with Crippen molar-refractivity contribution in [2.24, 2.45) is 0 Å². The predicted octanol–water partition coefficient (Wildman–Crippen LogP) is 15.6. The zero-order chi connectivity index (χ0) is 49.5. The van der Waals surface area contributed by atoms with E-state index in [0.29, 0.717) is 19.6 Å². The van der Waals surface area contributed by atoms with Crippen LogP contribution in [0.15, 0.2) is 72.8 Å². The molecule has 6 N–H and O–H groups in total. The largest absolute Gasteiger partial charge is 0.338 e. The van der Waals surface area contributed by atoms with E-state index in [1.807, 2.05) is 36.4 Å². The highest BCUT2D eigenvalue weighted by Gasteiger charge is 2.23. The zero-order valence-corrected chi connectivity index (χ0v) is 43.7. The van der Waals surface area contributed by atoms with E-state index in [1.165, 1.54) is 110 Å². The lowest BCUT2D eigenvalue weighted by molar-refractivity contribution is 0.251. The van der Waals surface area contributed by atoms with Crippen molar-refractivity contribution in [3.63, 3.8) is 0 Å². The Morgan fingerprint density at radius 2 is 0.594 bits per heavy atom. The molecule has 0 radical (unpaired) electrons. The molecular weight excluding hydrogens is 853 g/mol. The molecule has 0 heterocycles. The van der Waals surface area contributed by atoms with Crippen LogP contribution in [0.2, 0.25) is 0 Å². The molecule has 0 saturated carbocycles. The van der Waals surface area contributed by atoms with Gasteiger partial charge in [-0.05, 0) is 144 Å². The molecule has 69 heavy (non-hydrogen) atoms. The van der Waals surface area contributed by atoms with Crippen molar-refractivity contribution < 1.29 is 14.4 Å². The minimum absolute atomic E-state index is 0.167. The second kappa shape index (κ2) is 33.3. The minimum atomic E-state index is -0.167. The normalized spacial score (nSPS) is 11.0. The lowest BCUT2D eigenvalue weighted by Gasteiger charge is -2.27. The summed E-state index contributed by atoms with van der Waals surface area (Å²) in [6.07, 6.45) is 26.1. The van der Waals surface area contributed by atoms with Crippen molar-refractivity contribution >= 4 is 35.2 Å². The molecule has 0 saturated heterocycles. The van der Waals surface area contributed by atoms with Crippen LogP contribution in [0.1, 0.15) is 207 Å². The maximum atomic E-state index is 13.0. The Morgan fingerprint density at radius 3 is 0.855 bits per heavy atom. The van der Waals surface area contributed by atoms with E-state index in [1.54, 1.807) is 0 Å². The fraction of sp³-hybridized carbons (Fsp3) is 0.550. The summed E-state index contributed by atoms with van der Waals surface area (Å²) in [7, 11) is 0. The van der Waals surface area contributed by atoms with Gasteiger partial charge < -0.3 is 31.9 Å². The molecule has 0 spiro atoms. The molecule has 4 aromatic rings. The lowest BCUT2D eigenvalue weighted by atomic mass is 9.78. The van der Waals surface area contributed by atoms with Gasteiger partial charge in [-0.2, -0.15) is 0 Å². The third-order valence-electron chi connectivity index (χ3n) is 13.4. The Bertz CT molecular complexity index is 1870. The topological polar surface area (TPSA) is 123 Å². The molecule has 6 amide bonds. The molecule has 9 nitrogen and oxygen atoms in total. The van der Waals surface area contributed by atoms with Crippen molar-refractivity contribution in [2.45, 2.75) is 196 Å². The first-order valence-corrected chi connectivity index (χ1v) is 27.3. The molecule has 4 rings (SSSR count). The number of hydrogen-bond acceptors (Lipinski definition) is 3. The van der Waals surface area contributed by atoms with Crippen LogP contribution in [0.25, 0.3) is 0 Å². The molecule has 0 aliphatic rings. The monoisotopic (exact) mass is 943 g/mol. The van der Waals surface area contributed by atoms with Gasteiger partial charge in [-0.15, -0.1) is 0 Å². The number of benzene rings is 4. The summed E-state index contributed by atoms with van der Waals surface area (Å²) in [6.45, 7) is 15.5. The number of hydrogen-bond donors (Lipinski definition) is 6. The first kappa shape index (κ1) is 56.3. The number of unbranched alkanes of at least 4 members (excludes halogenated alkanes) is 15. The molecule has 0 unspecified atom stereocenters. The first-order chi connectivity index (χ1) is 33.7. The van der Waals surface area contributed by atoms with Gasteiger partial charge in [0.1, 0.15) is 0 Å². The van der Waals surface area contributed by atoms with Crippen LogP contribution in [0.5, 0.6) is 0 Å². The molecule has 0 aliphatic carbocycles. The molecule has 0 fully saturated rings. The SMILES string of the molecule is CCCCCCCCNC(=O)Nc1cccc(Cc2c(CC)c(Cc3cccc(NC(=O)NCCCCCCCC)c3)c(CC)c(Cc3cccc(NC(=O)NCCCCCCCC)c3)c2CC)c1. The standard InChI is InChI=1S/C60H90N6O3/c1-7-13-16-19-22-25-37-61-58(67)64-49-34-28-31-46(40-49)43-55-52(10-4)56(44-47-32-29-35-50(41-47)65-59(68)62-38-26-23-20-17-14-8-2)54(12-6)57(53(55)11-5)45-48-33-30-36-51(42-48)66-60(69)63-39-27-24-21-18-15-9-3/h28-36,40-42H,7-27,37-39,43-45H2,1-6H3,(H2,61,64,67)(H2,62,65,68)(H2,63,66,69). The Labute approximate surface area is 418 Å². The summed E-state index contributed by atoms with van der Waals surface area (Å²) in [5, 5.41) is 18.5. The van der Waals surface area contributed by atoms with E-state index in [2.05, 4.69) is 110 Å². The van der Waals surface area contributed by atoms with Gasteiger partial charge in [0.25, 0.3) is 0 Å². The first-order valence-electron chi connectivity index (χ1n) is 27.3. The predicted molar refractivity (Wildman–Crippen MR) is 294 cm³/mol. The molecule has 0 bridgehead atoms. The molecular formula is C60H90N6O3. The van der Waals surface area contributed by atoms with Crippen LogP contribution < -0.4 is 31.9 Å². The van der Waals surface area contributed by atoms with Gasteiger partial charge in [-0.25, -0.2) is 14.4 Å². The van der Waals surface area contributed by atoms with Crippen molar-refractivity contribution in [2.75, 3.05) is 35.6 Å². The average molecular weight is 943 g/mol. The van der Waals surface area contributed by atoms with Crippen LogP contribution in [0.4, 0.5) is 31.4 Å². The quantitative estimate of drug-likeness (QED) is 0.0267. The third-order valence-corrected chi connectivity index (χ3v) is 13.4. The van der Waals surface area contributed by atoms with Crippen molar-refractivity contribution in [3.05, 3.63) is 123 Å². The van der Waals surface area contributed by atoms with Gasteiger partial charge in [0.05, 0.1) is 0 Å². The summed E-state index contributed by atoms with van der Waals surface area (Å²) in [5.74, 6) is 0. The van der Waals surface area contributed by atoms with Crippen molar-refractivity contribution in [3.8, 4) is 0 Å². The molecule has 4 aromatic carbocycles. The Balaban J connectivity index is 1.63. The van der Waals surface area contributed by atoms with E-state index < -0.39 is 0 Å². The number of urea groups is 3. The fourth-order valence-electron chi connectivity index (χ4n) is 9.75. The van der Waals surface area contributed by atoms with E-state index in [9.17, 15) is 14.4 Å². The number of rotatable bonds is 33. The minimum Gasteiger partial charge on any atom is -0.338 e. The average Bonchev–Trinajstić information content (AvgIpc) is 3.33. The second-order valence-corrected chi connectivity index (χ2v) is 19.0. The van der Waals surface area contributed by atoms with Gasteiger partial charge in [-0.1, -0.05) is 174 Å². The number of anilines is 3. The van der Waals surface area contributed by atoms with Crippen LogP contribution in [-0.2, 0) is 38.5 Å². The van der Waals surface area contributed by atoms with Crippen molar-refractivity contribution in [1.82, 2.24) is 16.0 Å². The number of amides is 6. The van der Waals surface area contributed by atoms with Gasteiger partial charge >= 0.3 is 18.1 Å². The van der Waals surface area contributed by atoms with Gasteiger partial charge in [-0.3, -0.25) is 0 Å². The van der Waals surface area contributed by atoms with Crippen LogP contribution in [0, 0.1) is 0 Å². The highest BCUT2D eigenvalue weighted by Crippen LogP contribution is 2.36. The maximum absolute atomic E-state index is 13.0. The van der Waals surface area contributed by atoms with E-state index in [4.69, 9.17) is 0 Å². The Morgan fingerprint density at radius 1 is 0.333 bits per heavy atom. The lowest BCUT2D eigenvalue weighted by Crippen LogP contribution is -2.29. The Hall–Kier alpha value is -5.31. The third kappa shape index (κ3) is 20.7. The fourth-order valence-corrected chi connectivity index (χ4v) is 9.75. The summed E-state index contributed by atoms with van der Waals surface area (Å²) in [4.78, 5) is 39.0. The number of carbonyl (C=O) groups is 3. The highest BCUT2D eigenvalue weighted by molar-refractivity contribution is 5.90. The van der Waals surface area contributed by atoms with E-state index in [0.717, 1.165) is 111 Å². The highest BCUT2D eigenvalue weighted by atomic mass is 16.2. The van der Waals surface area contributed by atoms with Gasteiger partial charge in [0.2, 0.25) is 0 Å². The Kier molecular flexibility index (Phi) is 27.1.